The zero-order valence-corrected chi connectivity index (χ0v) is 8.64. The van der Waals surface area contributed by atoms with Crippen LogP contribution >= 0.6 is 0 Å². The summed E-state index contributed by atoms with van der Waals surface area (Å²) in [6.45, 7) is 0. The second-order valence-corrected chi connectivity index (χ2v) is 2.54. The predicted octanol–water partition coefficient (Wildman–Crippen LogP) is 0.851. The molecule has 0 bridgehead atoms. The van der Waals surface area contributed by atoms with E-state index < -0.39 is 22.7 Å². The summed E-state index contributed by atoms with van der Waals surface area (Å²) in [6.07, 6.45) is 0. The van der Waals surface area contributed by atoms with Crippen molar-refractivity contribution in [2.75, 3.05) is 0 Å². The minimum absolute atomic E-state index is 0. The van der Waals surface area contributed by atoms with Crippen LogP contribution in [-0.2, 0) is 42.2 Å². The molecule has 0 heterocycles. The Hall–Kier alpha value is 1.19. The van der Waals surface area contributed by atoms with E-state index >= 15 is 0 Å². The van der Waals surface area contributed by atoms with Crippen LogP contribution in [0.15, 0.2) is 0 Å². The Bertz CT molecular complexity index is 27.2. The van der Waals surface area contributed by atoms with Crippen molar-refractivity contribution in [2.45, 2.75) is 0 Å². The van der Waals surface area contributed by atoms with Crippen LogP contribution in [0.5, 0.6) is 0 Å². The molecule has 2 N–H and O–H groups in total. The molecule has 0 aromatic heterocycles. The van der Waals surface area contributed by atoms with Crippen LogP contribution in [0.2, 0.25) is 0 Å². The molecule has 0 unspecified atom stereocenters. The van der Waals surface area contributed by atoms with Crippen molar-refractivity contribution >= 4 is 0 Å². The van der Waals surface area contributed by atoms with Gasteiger partial charge >= 0.3 is 33.2 Å². The average molecular weight is 251 g/mol. The van der Waals surface area contributed by atoms with E-state index in [2.05, 4.69) is 0 Å². The predicted molar refractivity (Wildman–Crippen MR) is 8.05 cm³/mol. The smallest absolute Gasteiger partial charge is 0 e. The summed E-state index contributed by atoms with van der Waals surface area (Å²) in [4.78, 5) is 0. The summed E-state index contributed by atoms with van der Waals surface area (Å²) in [5.41, 5.74) is 0. The second-order valence-electron chi connectivity index (χ2n) is 0.429. The molecular weight excluding hydrogens is 249 g/mol. The van der Waals surface area contributed by atoms with Gasteiger partial charge in [-0.05, 0) is 0 Å². The largest absolute Gasteiger partial charge is 0 e. The van der Waals surface area contributed by atoms with Crippen LogP contribution in [-0.4, -0.2) is 5.48 Å². The zero-order valence-electron chi connectivity index (χ0n) is 3.22. The van der Waals surface area contributed by atoms with E-state index in [4.69, 9.17) is 0 Å². The molecule has 0 aliphatic carbocycles. The third-order valence-electron chi connectivity index (χ3n) is 0. The number of rotatable bonds is 0. The fraction of sp³-hybridized carbons (Fsp3) is 0. The van der Waals surface area contributed by atoms with Gasteiger partial charge in [-0.2, -0.15) is 0 Å². The van der Waals surface area contributed by atoms with Gasteiger partial charge in [0.05, 0.1) is 0 Å². The Morgan fingerprint density at radius 3 is 0.857 bits per heavy atom. The van der Waals surface area contributed by atoms with Crippen molar-refractivity contribution in [1.82, 2.24) is 0 Å². The Morgan fingerprint density at radius 1 is 0.857 bits per heavy atom. The SMILES string of the molecule is O.[F][Zr]([F])([F])[F].[Zn]. The van der Waals surface area contributed by atoms with Crippen LogP contribution in [0.1, 0.15) is 0 Å². The van der Waals surface area contributed by atoms with E-state index in [1.54, 1.807) is 0 Å². The standard InChI is InChI=1S/4FH.H2O.Zn.Zr/h4*1H;1H2;;/q;;;;;;+4/p-4. The van der Waals surface area contributed by atoms with E-state index in [9.17, 15) is 10.5 Å². The molecule has 0 aliphatic rings. The molecule has 0 aromatic carbocycles. The van der Waals surface area contributed by atoms with Gasteiger partial charge in [-0.1, -0.05) is 0 Å². The van der Waals surface area contributed by atoms with Gasteiger partial charge in [-0.15, -0.1) is 0 Å². The first-order chi connectivity index (χ1) is 2.00. The minimum atomic E-state index is -7.18. The van der Waals surface area contributed by atoms with Crippen LogP contribution in [0, 0.1) is 0 Å². The van der Waals surface area contributed by atoms with Crippen LogP contribution in [0.25, 0.3) is 0 Å². The maximum absolute atomic E-state index is 9.90. The van der Waals surface area contributed by atoms with Gasteiger partial charge in [0.1, 0.15) is 0 Å². The number of hydrogen-bond acceptors (Lipinski definition) is 0. The van der Waals surface area contributed by atoms with Crippen molar-refractivity contribution in [3.05, 3.63) is 0 Å². The van der Waals surface area contributed by atoms with Crippen LogP contribution in [0.3, 0.4) is 0 Å². The second kappa shape index (κ2) is 5.33. The van der Waals surface area contributed by atoms with Gasteiger partial charge in [-0.25, -0.2) is 0 Å². The van der Waals surface area contributed by atoms with Gasteiger partial charge in [-0.3, -0.25) is 0 Å². The fourth-order valence-electron chi connectivity index (χ4n) is 0. The van der Waals surface area contributed by atoms with E-state index in [0.29, 0.717) is 0 Å². The molecular formula is H2F4OZnZr. The monoisotopic (exact) mass is 248 g/mol. The first-order valence-electron chi connectivity index (χ1n) is 0.756. The molecule has 1 nitrogen and oxygen atoms in total. The van der Waals surface area contributed by atoms with E-state index in [-0.39, 0.29) is 25.0 Å². The molecule has 0 rings (SSSR count). The van der Waals surface area contributed by atoms with Crippen LogP contribution in [0.4, 0.5) is 10.5 Å². The van der Waals surface area contributed by atoms with E-state index in [1.807, 2.05) is 0 Å². The number of halogens is 4. The maximum Gasteiger partial charge on any atom is 0 e. The molecule has 0 saturated carbocycles. The average Bonchev–Trinajstić information content (AvgIpc) is 0.722. The summed E-state index contributed by atoms with van der Waals surface area (Å²) in [5.74, 6) is 0. The summed E-state index contributed by atoms with van der Waals surface area (Å²) < 4.78 is 39.6. The van der Waals surface area contributed by atoms with Crippen LogP contribution < -0.4 is 0 Å². The molecule has 7 heteroatoms. The Labute approximate surface area is 58.1 Å². The van der Waals surface area contributed by atoms with Crippen molar-refractivity contribution in [3.63, 3.8) is 0 Å². The summed E-state index contributed by atoms with van der Waals surface area (Å²) in [7, 11) is 0. The zero-order chi connectivity index (χ0) is 4.50. The molecule has 0 atom stereocenters. The Kier molecular flexibility index (Phi) is 12.0. The topological polar surface area (TPSA) is 31.5 Å². The molecule has 0 amide bonds. The molecule has 0 radical (unpaired) electrons. The quantitative estimate of drug-likeness (QED) is 0.451. The molecule has 7 heavy (non-hydrogen) atoms. The van der Waals surface area contributed by atoms with Crippen molar-refractivity contribution < 1.29 is 58.2 Å². The van der Waals surface area contributed by atoms with Gasteiger partial charge in [0, 0.05) is 19.5 Å². The third-order valence-corrected chi connectivity index (χ3v) is 0. The summed E-state index contributed by atoms with van der Waals surface area (Å²) in [6, 6.07) is 0. The van der Waals surface area contributed by atoms with Gasteiger partial charge in [0.15, 0.2) is 0 Å². The molecule has 0 saturated heterocycles. The summed E-state index contributed by atoms with van der Waals surface area (Å²) >= 11 is -7.18. The van der Waals surface area contributed by atoms with Crippen molar-refractivity contribution in [3.8, 4) is 0 Å². The summed E-state index contributed by atoms with van der Waals surface area (Å²) in [5, 5.41) is 0. The number of hydrogen-bond donors (Lipinski definition) is 0. The van der Waals surface area contributed by atoms with Gasteiger partial charge < -0.3 is 5.48 Å². The fourth-order valence-corrected chi connectivity index (χ4v) is 0. The molecule has 0 spiro atoms. The Balaban J connectivity index is -0.0000000800. The van der Waals surface area contributed by atoms with Crippen molar-refractivity contribution in [1.29, 1.82) is 0 Å². The first kappa shape index (κ1) is 15.7. The maximum atomic E-state index is 9.90. The third kappa shape index (κ3) is 137. The molecule has 0 fully saturated rings. The van der Waals surface area contributed by atoms with E-state index in [0.717, 1.165) is 0 Å². The minimum Gasteiger partial charge on any atom is 0 e. The molecule has 42 valence electrons. The van der Waals surface area contributed by atoms with Gasteiger partial charge in [0.25, 0.3) is 0 Å². The Morgan fingerprint density at radius 2 is 0.857 bits per heavy atom. The normalized spacial score (nSPS) is 8.57. The molecule has 0 aromatic rings. The van der Waals surface area contributed by atoms with Crippen molar-refractivity contribution in [2.24, 2.45) is 0 Å². The first-order valence-corrected chi connectivity index (χ1v) is 4.47. The molecule has 0 aliphatic heterocycles. The van der Waals surface area contributed by atoms with Gasteiger partial charge in [0.2, 0.25) is 0 Å². The van der Waals surface area contributed by atoms with E-state index in [1.165, 1.54) is 0 Å².